The van der Waals surface area contributed by atoms with Gasteiger partial charge in [0.25, 0.3) is 11.8 Å². The number of hydrogen-bond donors (Lipinski definition) is 2. The Morgan fingerprint density at radius 2 is 1.48 bits per heavy atom. The predicted octanol–water partition coefficient (Wildman–Crippen LogP) is 2.82. The summed E-state index contributed by atoms with van der Waals surface area (Å²) in [6, 6.07) is 12.4. The molecule has 2 aromatic carbocycles. The summed E-state index contributed by atoms with van der Waals surface area (Å²) in [5, 5.41) is 5.69. The maximum Gasteiger partial charge on any atom is 0.251 e. The first-order chi connectivity index (χ1) is 13.1. The Hall–Kier alpha value is -3.02. The SMILES string of the molecule is CCCNC(=O)c1cccc(C(=O)NCCc2ccc(OC)c(OC)c2)c1. The standard InChI is InChI=1S/C21H26N2O4/c1-4-11-22-20(24)16-6-5-7-17(14-16)21(25)23-12-10-15-8-9-18(26-2)19(13-15)27-3/h5-9,13-14H,4,10-12H2,1-3H3,(H,22,24)(H,23,25). The third kappa shape index (κ3) is 5.74. The summed E-state index contributed by atoms with van der Waals surface area (Å²) in [7, 11) is 3.18. The molecule has 144 valence electrons. The molecule has 0 spiro atoms. The van der Waals surface area contributed by atoms with E-state index in [-0.39, 0.29) is 11.8 Å². The number of hydrogen-bond acceptors (Lipinski definition) is 4. The molecule has 2 amide bonds. The first kappa shape index (κ1) is 20.3. The lowest BCUT2D eigenvalue weighted by Crippen LogP contribution is -2.27. The molecule has 0 radical (unpaired) electrons. The molecule has 0 saturated heterocycles. The van der Waals surface area contributed by atoms with Crippen molar-refractivity contribution in [1.82, 2.24) is 10.6 Å². The third-order valence-electron chi connectivity index (χ3n) is 4.07. The van der Waals surface area contributed by atoms with Gasteiger partial charge in [-0.15, -0.1) is 0 Å². The van der Waals surface area contributed by atoms with E-state index in [0.29, 0.717) is 42.1 Å². The van der Waals surface area contributed by atoms with Gasteiger partial charge in [0.15, 0.2) is 11.5 Å². The normalized spacial score (nSPS) is 10.2. The first-order valence-corrected chi connectivity index (χ1v) is 8.96. The quantitative estimate of drug-likeness (QED) is 0.712. The predicted molar refractivity (Wildman–Crippen MR) is 105 cm³/mol. The van der Waals surface area contributed by atoms with Crippen molar-refractivity contribution in [3.8, 4) is 11.5 Å². The van der Waals surface area contributed by atoms with E-state index >= 15 is 0 Å². The molecule has 2 aromatic rings. The summed E-state index contributed by atoms with van der Waals surface area (Å²) in [5.41, 5.74) is 1.98. The van der Waals surface area contributed by atoms with Gasteiger partial charge in [-0.3, -0.25) is 9.59 Å². The number of ether oxygens (including phenoxy) is 2. The van der Waals surface area contributed by atoms with Gasteiger partial charge in [-0.2, -0.15) is 0 Å². The van der Waals surface area contributed by atoms with Crippen molar-refractivity contribution in [3.05, 3.63) is 59.2 Å². The molecule has 27 heavy (non-hydrogen) atoms. The van der Waals surface area contributed by atoms with Gasteiger partial charge in [0, 0.05) is 24.2 Å². The second-order valence-electron chi connectivity index (χ2n) is 6.03. The lowest BCUT2D eigenvalue weighted by atomic mass is 10.1. The summed E-state index contributed by atoms with van der Waals surface area (Å²) >= 11 is 0. The van der Waals surface area contributed by atoms with Crippen LogP contribution in [0.15, 0.2) is 42.5 Å². The summed E-state index contributed by atoms with van der Waals surface area (Å²) in [6.45, 7) is 3.07. The van der Waals surface area contributed by atoms with Crippen LogP contribution in [-0.2, 0) is 6.42 Å². The molecule has 0 aliphatic rings. The van der Waals surface area contributed by atoms with Gasteiger partial charge in [0.1, 0.15) is 0 Å². The fourth-order valence-corrected chi connectivity index (χ4v) is 2.60. The fraction of sp³-hybridized carbons (Fsp3) is 0.333. The van der Waals surface area contributed by atoms with Crippen molar-refractivity contribution in [3.63, 3.8) is 0 Å². The second-order valence-corrected chi connectivity index (χ2v) is 6.03. The average Bonchev–Trinajstić information content (AvgIpc) is 2.71. The number of carbonyl (C=O) groups is 2. The Kier molecular flexibility index (Phi) is 7.67. The molecule has 6 heteroatoms. The van der Waals surface area contributed by atoms with Crippen LogP contribution in [0, 0.1) is 0 Å². The summed E-state index contributed by atoms with van der Waals surface area (Å²) in [4.78, 5) is 24.4. The van der Waals surface area contributed by atoms with Gasteiger partial charge in [0.05, 0.1) is 14.2 Å². The molecule has 0 bridgehead atoms. The maximum atomic E-state index is 12.4. The molecule has 6 nitrogen and oxygen atoms in total. The monoisotopic (exact) mass is 370 g/mol. The molecule has 0 heterocycles. The van der Waals surface area contributed by atoms with E-state index in [2.05, 4.69) is 10.6 Å². The van der Waals surface area contributed by atoms with Gasteiger partial charge in [-0.1, -0.05) is 19.1 Å². The molecule has 0 aromatic heterocycles. The molecule has 2 rings (SSSR count). The van der Waals surface area contributed by atoms with E-state index in [4.69, 9.17) is 9.47 Å². The van der Waals surface area contributed by atoms with Crippen molar-refractivity contribution in [1.29, 1.82) is 0 Å². The number of rotatable bonds is 9. The van der Waals surface area contributed by atoms with Crippen molar-refractivity contribution in [2.24, 2.45) is 0 Å². The Morgan fingerprint density at radius 3 is 2.07 bits per heavy atom. The molecule has 0 atom stereocenters. The zero-order valence-electron chi connectivity index (χ0n) is 16.0. The van der Waals surface area contributed by atoms with E-state index < -0.39 is 0 Å². The lowest BCUT2D eigenvalue weighted by molar-refractivity contribution is 0.0953. The third-order valence-corrected chi connectivity index (χ3v) is 4.07. The molecule has 0 fully saturated rings. The largest absolute Gasteiger partial charge is 0.493 e. The fourth-order valence-electron chi connectivity index (χ4n) is 2.60. The average molecular weight is 370 g/mol. The van der Waals surface area contributed by atoms with E-state index in [1.54, 1.807) is 38.5 Å². The van der Waals surface area contributed by atoms with Gasteiger partial charge in [0.2, 0.25) is 0 Å². The lowest BCUT2D eigenvalue weighted by Gasteiger charge is -2.10. The minimum Gasteiger partial charge on any atom is -0.493 e. The minimum atomic E-state index is -0.208. The molecular formula is C21H26N2O4. The van der Waals surface area contributed by atoms with Gasteiger partial charge < -0.3 is 20.1 Å². The summed E-state index contributed by atoms with van der Waals surface area (Å²) < 4.78 is 10.5. The van der Waals surface area contributed by atoms with E-state index in [1.807, 2.05) is 25.1 Å². The number of methoxy groups -OCH3 is 2. The van der Waals surface area contributed by atoms with Crippen molar-refractivity contribution in [2.45, 2.75) is 19.8 Å². The number of carbonyl (C=O) groups excluding carboxylic acids is 2. The van der Waals surface area contributed by atoms with Gasteiger partial charge >= 0.3 is 0 Å². The highest BCUT2D eigenvalue weighted by molar-refractivity contribution is 5.99. The molecule has 0 aliphatic carbocycles. The van der Waals surface area contributed by atoms with Crippen molar-refractivity contribution in [2.75, 3.05) is 27.3 Å². The Balaban J connectivity index is 1.93. The van der Waals surface area contributed by atoms with Crippen LogP contribution in [-0.4, -0.2) is 39.1 Å². The molecular weight excluding hydrogens is 344 g/mol. The van der Waals surface area contributed by atoms with Crippen LogP contribution in [0.2, 0.25) is 0 Å². The Bertz CT molecular complexity index is 790. The van der Waals surface area contributed by atoms with E-state index in [9.17, 15) is 9.59 Å². The number of nitrogens with one attached hydrogen (secondary N) is 2. The van der Waals surface area contributed by atoms with Crippen LogP contribution in [0.3, 0.4) is 0 Å². The van der Waals surface area contributed by atoms with Crippen LogP contribution in [0.1, 0.15) is 39.6 Å². The highest BCUT2D eigenvalue weighted by Crippen LogP contribution is 2.27. The minimum absolute atomic E-state index is 0.170. The van der Waals surface area contributed by atoms with Crippen molar-refractivity contribution < 1.29 is 19.1 Å². The topological polar surface area (TPSA) is 76.7 Å². The van der Waals surface area contributed by atoms with Gasteiger partial charge in [-0.05, 0) is 48.7 Å². The second kappa shape index (κ2) is 10.2. The van der Waals surface area contributed by atoms with Crippen LogP contribution < -0.4 is 20.1 Å². The van der Waals surface area contributed by atoms with Crippen molar-refractivity contribution >= 4 is 11.8 Å². The zero-order chi connectivity index (χ0) is 19.6. The molecule has 0 aliphatic heterocycles. The highest BCUT2D eigenvalue weighted by atomic mass is 16.5. The smallest absolute Gasteiger partial charge is 0.251 e. The maximum absolute atomic E-state index is 12.4. The molecule has 0 unspecified atom stereocenters. The van der Waals surface area contributed by atoms with E-state index in [1.165, 1.54) is 0 Å². The Morgan fingerprint density at radius 1 is 0.852 bits per heavy atom. The van der Waals surface area contributed by atoms with Crippen LogP contribution in [0.25, 0.3) is 0 Å². The number of amides is 2. The number of benzene rings is 2. The van der Waals surface area contributed by atoms with Crippen LogP contribution in [0.5, 0.6) is 11.5 Å². The zero-order valence-corrected chi connectivity index (χ0v) is 16.0. The Labute approximate surface area is 159 Å². The highest BCUT2D eigenvalue weighted by Gasteiger charge is 2.10. The summed E-state index contributed by atoms with van der Waals surface area (Å²) in [5.74, 6) is 0.952. The molecule has 2 N–H and O–H groups in total. The summed E-state index contributed by atoms with van der Waals surface area (Å²) in [6.07, 6.45) is 1.52. The van der Waals surface area contributed by atoms with E-state index in [0.717, 1.165) is 12.0 Å². The molecule has 0 saturated carbocycles. The van der Waals surface area contributed by atoms with Crippen LogP contribution in [0.4, 0.5) is 0 Å². The van der Waals surface area contributed by atoms with Gasteiger partial charge in [-0.25, -0.2) is 0 Å². The van der Waals surface area contributed by atoms with Crippen LogP contribution >= 0.6 is 0 Å². The first-order valence-electron chi connectivity index (χ1n) is 8.96.